The van der Waals surface area contributed by atoms with Crippen molar-refractivity contribution in [3.8, 4) is 5.75 Å². The Balaban J connectivity index is 1.41. The minimum Gasteiger partial charge on any atom is -0.492 e. The number of halogens is 1. The summed E-state index contributed by atoms with van der Waals surface area (Å²) in [5, 5.41) is 2.32. The van der Waals surface area contributed by atoms with E-state index in [-0.39, 0.29) is 5.82 Å². The van der Waals surface area contributed by atoms with Crippen molar-refractivity contribution < 1.29 is 18.6 Å². The van der Waals surface area contributed by atoms with Crippen molar-refractivity contribution in [3.63, 3.8) is 0 Å². The van der Waals surface area contributed by atoms with Crippen LogP contribution < -0.4 is 15.3 Å². The van der Waals surface area contributed by atoms with Crippen molar-refractivity contribution in [2.45, 2.75) is 6.61 Å². The molecule has 150 valence electrons. The number of hydrogen-bond donors (Lipinski definition) is 1. The fourth-order valence-electron chi connectivity index (χ4n) is 4.03. The molecule has 0 amide bonds. The van der Waals surface area contributed by atoms with Crippen LogP contribution in [0.3, 0.4) is 0 Å². The van der Waals surface area contributed by atoms with Crippen LogP contribution >= 0.6 is 0 Å². The molecule has 29 heavy (non-hydrogen) atoms. The Kier molecular flexibility index (Phi) is 4.73. The number of H-pyrrole nitrogens is 1. The van der Waals surface area contributed by atoms with Crippen LogP contribution in [-0.4, -0.2) is 49.3 Å². The Morgan fingerprint density at radius 3 is 2.86 bits per heavy atom. The molecule has 0 unspecified atom stereocenters. The third-order valence-electron chi connectivity index (χ3n) is 5.54. The van der Waals surface area contributed by atoms with Gasteiger partial charge in [-0.2, -0.15) is 0 Å². The molecule has 5 rings (SSSR count). The summed E-state index contributed by atoms with van der Waals surface area (Å²) < 4.78 is 31.1. The summed E-state index contributed by atoms with van der Waals surface area (Å²) in [6.07, 6.45) is 0. The average Bonchev–Trinajstić information content (AvgIpc) is 3.28. The van der Waals surface area contributed by atoms with Gasteiger partial charge in [-0.3, -0.25) is 4.90 Å². The third kappa shape index (κ3) is 3.50. The number of nitrogens with zero attached hydrogens (tertiary/aromatic N) is 1. The van der Waals surface area contributed by atoms with Crippen molar-refractivity contribution in [2.75, 3.05) is 39.5 Å². The molecule has 0 atom stereocenters. The molecule has 0 aliphatic carbocycles. The molecule has 6 heteroatoms. The van der Waals surface area contributed by atoms with Crippen LogP contribution in [0, 0.1) is 5.82 Å². The van der Waals surface area contributed by atoms with E-state index in [1.54, 1.807) is 6.07 Å². The lowest BCUT2D eigenvalue weighted by Crippen LogP contribution is -2.38. The maximum Gasteiger partial charge on any atom is 0.137 e. The highest BCUT2D eigenvalue weighted by Gasteiger charge is 2.21. The second-order valence-corrected chi connectivity index (χ2v) is 7.41. The number of benzene rings is 2. The zero-order chi connectivity index (χ0) is 19.8. The number of hydrogen-bond acceptors (Lipinski definition) is 4. The standard InChI is InChI=1S/C23H23FN2O3/c1-15-22(20-13-17(24)2-5-21(20)25-15)23-19-4-3-18(12-16(19)14-29-23)28-11-8-26-6-9-27-10-7-26/h2-5,12-13,25H,1,6-11,14H2/b23-22-. The molecular weight excluding hydrogens is 371 g/mol. The molecule has 0 spiro atoms. The minimum absolute atomic E-state index is 0.277. The SMILES string of the molecule is C=c1[nH]c2ccc(F)cc2/c1=C1\OCc2cc(OCCN3CCOCC3)ccc21. The summed E-state index contributed by atoms with van der Waals surface area (Å²) in [7, 11) is 0. The van der Waals surface area contributed by atoms with E-state index in [2.05, 4.69) is 16.5 Å². The quantitative estimate of drug-likeness (QED) is 0.737. The summed E-state index contributed by atoms with van der Waals surface area (Å²) in [5.41, 5.74) is 2.91. The smallest absolute Gasteiger partial charge is 0.137 e. The third-order valence-corrected chi connectivity index (χ3v) is 5.54. The van der Waals surface area contributed by atoms with E-state index in [0.29, 0.717) is 13.2 Å². The number of morpholine rings is 1. The Morgan fingerprint density at radius 2 is 2.00 bits per heavy atom. The van der Waals surface area contributed by atoms with E-state index < -0.39 is 0 Å². The normalized spacial score (nSPS) is 18.7. The molecule has 0 saturated carbocycles. The van der Waals surface area contributed by atoms with Gasteiger partial charge in [-0.25, -0.2) is 4.39 Å². The predicted octanol–water partition coefficient (Wildman–Crippen LogP) is 2.12. The minimum atomic E-state index is -0.277. The molecule has 0 bridgehead atoms. The zero-order valence-electron chi connectivity index (χ0n) is 16.2. The number of rotatable bonds is 4. The maximum absolute atomic E-state index is 13.8. The Morgan fingerprint density at radius 1 is 1.14 bits per heavy atom. The monoisotopic (exact) mass is 394 g/mol. The maximum atomic E-state index is 13.8. The topological polar surface area (TPSA) is 46.7 Å². The number of nitrogens with one attached hydrogen (secondary N) is 1. The van der Waals surface area contributed by atoms with Gasteiger partial charge in [-0.05, 0) is 36.4 Å². The lowest BCUT2D eigenvalue weighted by Gasteiger charge is -2.26. The summed E-state index contributed by atoms with van der Waals surface area (Å²) in [6, 6.07) is 10.7. The van der Waals surface area contributed by atoms with E-state index >= 15 is 0 Å². The predicted molar refractivity (Wildman–Crippen MR) is 110 cm³/mol. The van der Waals surface area contributed by atoms with Crippen LogP contribution in [0.5, 0.6) is 5.75 Å². The molecule has 3 aromatic rings. The first-order valence-electron chi connectivity index (χ1n) is 9.88. The summed E-state index contributed by atoms with van der Waals surface area (Å²) in [5.74, 6) is 1.30. The average molecular weight is 394 g/mol. The van der Waals surface area contributed by atoms with Gasteiger partial charge in [-0.15, -0.1) is 0 Å². The molecule has 1 saturated heterocycles. The highest BCUT2D eigenvalue weighted by Crippen LogP contribution is 2.31. The molecule has 2 aromatic carbocycles. The van der Waals surface area contributed by atoms with Gasteiger partial charge >= 0.3 is 0 Å². The summed E-state index contributed by atoms with van der Waals surface area (Å²) in [4.78, 5) is 5.56. The van der Waals surface area contributed by atoms with Crippen LogP contribution in [-0.2, 0) is 16.1 Å². The van der Waals surface area contributed by atoms with Crippen molar-refractivity contribution in [2.24, 2.45) is 0 Å². The van der Waals surface area contributed by atoms with E-state index in [0.717, 1.165) is 77.0 Å². The van der Waals surface area contributed by atoms with E-state index in [1.807, 2.05) is 18.2 Å². The van der Waals surface area contributed by atoms with E-state index in [4.69, 9.17) is 14.2 Å². The largest absolute Gasteiger partial charge is 0.492 e. The molecule has 2 aliphatic heterocycles. The Labute approximate surface area is 168 Å². The fraction of sp³-hybridized carbons (Fsp3) is 0.304. The second-order valence-electron chi connectivity index (χ2n) is 7.41. The lowest BCUT2D eigenvalue weighted by atomic mass is 10.1. The highest BCUT2D eigenvalue weighted by atomic mass is 19.1. The van der Waals surface area contributed by atoms with Gasteiger partial charge in [0, 0.05) is 52.2 Å². The van der Waals surface area contributed by atoms with Gasteiger partial charge in [0.25, 0.3) is 0 Å². The summed E-state index contributed by atoms with van der Waals surface area (Å²) in [6.45, 7) is 9.58. The number of ether oxygens (including phenoxy) is 3. The molecular formula is C23H23FN2O3. The first-order chi connectivity index (χ1) is 14.2. The molecule has 1 aromatic heterocycles. The summed E-state index contributed by atoms with van der Waals surface area (Å²) >= 11 is 0. The van der Waals surface area contributed by atoms with Crippen LogP contribution in [0.2, 0.25) is 0 Å². The van der Waals surface area contributed by atoms with Gasteiger partial charge in [0.2, 0.25) is 0 Å². The van der Waals surface area contributed by atoms with E-state index in [1.165, 1.54) is 12.1 Å². The van der Waals surface area contributed by atoms with Crippen LogP contribution in [0.25, 0.3) is 23.2 Å². The van der Waals surface area contributed by atoms with E-state index in [9.17, 15) is 4.39 Å². The molecule has 5 nitrogen and oxygen atoms in total. The van der Waals surface area contributed by atoms with Gasteiger partial charge in [0.05, 0.1) is 13.2 Å². The first-order valence-corrected chi connectivity index (χ1v) is 9.88. The second kappa shape index (κ2) is 7.54. The Bertz CT molecular complexity index is 1160. The van der Waals surface area contributed by atoms with Gasteiger partial charge in [0.15, 0.2) is 0 Å². The molecule has 0 radical (unpaired) electrons. The number of aromatic amines is 1. The molecule has 1 fully saturated rings. The molecule has 1 N–H and O–H groups in total. The van der Waals surface area contributed by atoms with Crippen LogP contribution in [0.15, 0.2) is 36.4 Å². The van der Waals surface area contributed by atoms with Crippen LogP contribution in [0.4, 0.5) is 4.39 Å². The fourth-order valence-corrected chi connectivity index (χ4v) is 4.03. The Hall–Kier alpha value is -2.83. The van der Waals surface area contributed by atoms with Gasteiger partial charge in [0.1, 0.15) is 30.5 Å². The van der Waals surface area contributed by atoms with Crippen LogP contribution in [0.1, 0.15) is 11.1 Å². The highest BCUT2D eigenvalue weighted by molar-refractivity contribution is 5.84. The van der Waals surface area contributed by atoms with Crippen molar-refractivity contribution in [3.05, 3.63) is 63.9 Å². The molecule has 3 heterocycles. The number of aromatic nitrogens is 1. The van der Waals surface area contributed by atoms with Crippen molar-refractivity contribution in [1.82, 2.24) is 9.88 Å². The van der Waals surface area contributed by atoms with Gasteiger partial charge < -0.3 is 19.2 Å². The first kappa shape index (κ1) is 18.2. The number of fused-ring (bicyclic) bond motifs is 2. The van der Waals surface area contributed by atoms with Crippen molar-refractivity contribution >= 4 is 23.2 Å². The zero-order valence-corrected chi connectivity index (χ0v) is 16.2. The molecule has 2 aliphatic rings. The van der Waals surface area contributed by atoms with Gasteiger partial charge in [-0.1, -0.05) is 6.58 Å². The lowest BCUT2D eigenvalue weighted by molar-refractivity contribution is 0.0322. The van der Waals surface area contributed by atoms with Crippen molar-refractivity contribution in [1.29, 1.82) is 0 Å².